The summed E-state index contributed by atoms with van der Waals surface area (Å²) in [4.78, 5) is 16.8. The number of carbonyl (C=O) groups is 1. The number of ether oxygens (including phenoxy) is 1. The summed E-state index contributed by atoms with van der Waals surface area (Å²) in [5.41, 5.74) is 0.735. The fraction of sp³-hybridized carbons (Fsp3) is 0.385. The van der Waals surface area contributed by atoms with Crippen LogP contribution in [-0.4, -0.2) is 32.9 Å². The van der Waals surface area contributed by atoms with Gasteiger partial charge in [-0.2, -0.15) is 0 Å². The predicted octanol–water partition coefficient (Wildman–Crippen LogP) is 1.49. The van der Waals surface area contributed by atoms with E-state index in [0.717, 1.165) is 29.0 Å². The SMILES string of the molecule is CCCCOc1ccc(-c2nnnn2OC(C)=O)cc1. The van der Waals surface area contributed by atoms with E-state index in [2.05, 4.69) is 22.4 Å². The second kappa shape index (κ2) is 6.65. The normalized spacial score (nSPS) is 10.3. The van der Waals surface area contributed by atoms with Crippen LogP contribution in [0.25, 0.3) is 11.4 Å². The molecule has 7 heteroatoms. The Morgan fingerprint density at radius 1 is 1.30 bits per heavy atom. The summed E-state index contributed by atoms with van der Waals surface area (Å²) in [6.45, 7) is 4.10. The van der Waals surface area contributed by atoms with Gasteiger partial charge in [0.15, 0.2) is 0 Å². The number of benzene rings is 1. The number of aromatic nitrogens is 4. The van der Waals surface area contributed by atoms with Crippen LogP contribution in [0.1, 0.15) is 26.7 Å². The molecule has 0 fully saturated rings. The first kappa shape index (κ1) is 14.0. The molecule has 0 radical (unpaired) electrons. The molecule has 0 saturated heterocycles. The molecule has 7 nitrogen and oxygen atoms in total. The first-order chi connectivity index (χ1) is 9.70. The van der Waals surface area contributed by atoms with Gasteiger partial charge < -0.3 is 9.57 Å². The third-order valence-electron chi connectivity index (χ3n) is 2.54. The van der Waals surface area contributed by atoms with E-state index < -0.39 is 5.97 Å². The highest BCUT2D eigenvalue weighted by atomic mass is 16.7. The smallest absolute Gasteiger partial charge is 0.332 e. The van der Waals surface area contributed by atoms with Crippen molar-refractivity contribution in [1.82, 2.24) is 20.4 Å². The van der Waals surface area contributed by atoms with E-state index in [0.29, 0.717) is 12.4 Å². The molecule has 0 aliphatic heterocycles. The Morgan fingerprint density at radius 2 is 2.05 bits per heavy atom. The maximum absolute atomic E-state index is 10.9. The van der Waals surface area contributed by atoms with Crippen molar-refractivity contribution >= 4 is 5.97 Å². The van der Waals surface area contributed by atoms with Gasteiger partial charge in [-0.1, -0.05) is 13.3 Å². The fourth-order valence-electron chi connectivity index (χ4n) is 1.57. The van der Waals surface area contributed by atoms with Crippen molar-refractivity contribution in [3.8, 4) is 17.1 Å². The molecule has 0 bridgehead atoms. The number of unbranched alkanes of at least 4 members (excludes halogenated alkanes) is 1. The van der Waals surface area contributed by atoms with Gasteiger partial charge in [0.1, 0.15) is 5.75 Å². The Hall–Kier alpha value is -2.44. The maximum Gasteiger partial charge on any atom is 0.332 e. The minimum atomic E-state index is -0.488. The summed E-state index contributed by atoms with van der Waals surface area (Å²) in [6.07, 6.45) is 2.11. The molecule has 1 aromatic carbocycles. The topological polar surface area (TPSA) is 79.1 Å². The molecule has 2 rings (SSSR count). The maximum atomic E-state index is 10.9. The third-order valence-corrected chi connectivity index (χ3v) is 2.54. The summed E-state index contributed by atoms with van der Waals surface area (Å²) in [7, 11) is 0. The van der Waals surface area contributed by atoms with Gasteiger partial charge in [0, 0.05) is 12.5 Å². The molecule has 0 amide bonds. The molecular weight excluding hydrogens is 260 g/mol. The highest BCUT2D eigenvalue weighted by Crippen LogP contribution is 2.19. The van der Waals surface area contributed by atoms with Crippen LogP contribution in [-0.2, 0) is 4.79 Å². The molecular formula is C13H16N4O3. The zero-order chi connectivity index (χ0) is 14.4. The van der Waals surface area contributed by atoms with Gasteiger partial charge in [0.2, 0.25) is 5.82 Å². The minimum absolute atomic E-state index is 0.361. The van der Waals surface area contributed by atoms with Gasteiger partial charge in [-0.15, -0.1) is 5.10 Å². The number of rotatable bonds is 6. The molecule has 2 aromatic rings. The monoisotopic (exact) mass is 276 g/mol. The van der Waals surface area contributed by atoms with E-state index in [1.165, 1.54) is 6.92 Å². The van der Waals surface area contributed by atoms with Gasteiger partial charge in [-0.05, 0) is 46.0 Å². The van der Waals surface area contributed by atoms with Crippen LogP contribution in [0, 0.1) is 0 Å². The second-order valence-electron chi connectivity index (χ2n) is 4.18. The Balaban J connectivity index is 2.09. The largest absolute Gasteiger partial charge is 0.494 e. The van der Waals surface area contributed by atoms with Crippen molar-refractivity contribution in [2.75, 3.05) is 6.61 Å². The molecule has 106 valence electrons. The third kappa shape index (κ3) is 3.53. The summed E-state index contributed by atoms with van der Waals surface area (Å²) < 4.78 is 5.57. The van der Waals surface area contributed by atoms with Crippen LogP contribution in [0.4, 0.5) is 0 Å². The highest BCUT2D eigenvalue weighted by molar-refractivity contribution is 5.66. The Kier molecular flexibility index (Phi) is 4.65. The number of nitrogens with zero attached hydrogens (tertiary/aromatic N) is 4. The van der Waals surface area contributed by atoms with Crippen molar-refractivity contribution in [1.29, 1.82) is 0 Å². The van der Waals surface area contributed by atoms with Gasteiger partial charge in [0.05, 0.1) is 6.61 Å². The molecule has 1 aromatic heterocycles. The lowest BCUT2D eigenvalue weighted by molar-refractivity contribution is -0.143. The van der Waals surface area contributed by atoms with E-state index >= 15 is 0 Å². The molecule has 0 unspecified atom stereocenters. The zero-order valence-electron chi connectivity index (χ0n) is 11.4. The van der Waals surface area contributed by atoms with Crippen molar-refractivity contribution in [3.05, 3.63) is 24.3 Å². The number of hydrogen-bond acceptors (Lipinski definition) is 6. The number of hydrogen-bond donors (Lipinski definition) is 0. The lowest BCUT2D eigenvalue weighted by Crippen LogP contribution is -2.19. The molecule has 0 atom stereocenters. The van der Waals surface area contributed by atoms with E-state index in [-0.39, 0.29) is 0 Å². The minimum Gasteiger partial charge on any atom is -0.494 e. The summed E-state index contributed by atoms with van der Waals surface area (Å²) in [6, 6.07) is 7.29. The van der Waals surface area contributed by atoms with Crippen LogP contribution in [0.2, 0.25) is 0 Å². The highest BCUT2D eigenvalue weighted by Gasteiger charge is 2.11. The van der Waals surface area contributed by atoms with Crippen molar-refractivity contribution in [2.24, 2.45) is 0 Å². The first-order valence-electron chi connectivity index (χ1n) is 6.41. The molecule has 1 heterocycles. The molecule has 0 N–H and O–H groups in total. The second-order valence-corrected chi connectivity index (χ2v) is 4.18. The molecule has 0 saturated carbocycles. The quantitative estimate of drug-likeness (QED) is 0.587. The molecule has 0 aliphatic carbocycles. The van der Waals surface area contributed by atoms with Crippen LogP contribution in [0.15, 0.2) is 24.3 Å². The molecule has 0 spiro atoms. The predicted molar refractivity (Wildman–Crippen MR) is 70.9 cm³/mol. The van der Waals surface area contributed by atoms with Crippen LogP contribution >= 0.6 is 0 Å². The van der Waals surface area contributed by atoms with Crippen molar-refractivity contribution in [3.63, 3.8) is 0 Å². The van der Waals surface area contributed by atoms with Gasteiger partial charge in [-0.3, -0.25) is 0 Å². The van der Waals surface area contributed by atoms with E-state index in [9.17, 15) is 4.79 Å². The standard InChI is InChI=1S/C13H16N4O3/c1-3-4-9-19-12-7-5-11(6-8-12)13-14-15-16-17(13)20-10(2)18/h5-8H,3-4,9H2,1-2H3. The Labute approximate surface area is 116 Å². The Bertz CT molecular complexity index is 565. The van der Waals surface area contributed by atoms with E-state index in [1.807, 2.05) is 24.3 Å². The van der Waals surface area contributed by atoms with Gasteiger partial charge in [0.25, 0.3) is 0 Å². The lowest BCUT2D eigenvalue weighted by atomic mass is 10.2. The van der Waals surface area contributed by atoms with Crippen molar-refractivity contribution < 1.29 is 14.4 Å². The van der Waals surface area contributed by atoms with Crippen LogP contribution in [0.3, 0.4) is 0 Å². The number of carbonyl (C=O) groups excluding carboxylic acids is 1. The first-order valence-corrected chi connectivity index (χ1v) is 6.41. The summed E-state index contributed by atoms with van der Waals surface area (Å²) in [5, 5.41) is 10.9. The fourth-order valence-corrected chi connectivity index (χ4v) is 1.57. The van der Waals surface area contributed by atoms with Crippen LogP contribution < -0.4 is 9.57 Å². The average molecular weight is 276 g/mol. The lowest BCUT2D eigenvalue weighted by Gasteiger charge is -2.06. The van der Waals surface area contributed by atoms with Crippen molar-refractivity contribution in [2.45, 2.75) is 26.7 Å². The summed E-state index contributed by atoms with van der Waals surface area (Å²) in [5.74, 6) is 0.659. The zero-order valence-corrected chi connectivity index (χ0v) is 11.4. The molecule has 0 aliphatic rings. The number of tetrazole rings is 1. The van der Waals surface area contributed by atoms with E-state index in [1.54, 1.807) is 0 Å². The Morgan fingerprint density at radius 3 is 2.70 bits per heavy atom. The summed E-state index contributed by atoms with van der Waals surface area (Å²) >= 11 is 0. The van der Waals surface area contributed by atoms with E-state index in [4.69, 9.17) is 9.57 Å². The van der Waals surface area contributed by atoms with Crippen LogP contribution in [0.5, 0.6) is 5.75 Å². The molecule has 20 heavy (non-hydrogen) atoms. The average Bonchev–Trinajstić information content (AvgIpc) is 2.87. The van der Waals surface area contributed by atoms with Gasteiger partial charge in [-0.25, -0.2) is 4.79 Å². The van der Waals surface area contributed by atoms with Gasteiger partial charge >= 0.3 is 5.97 Å².